The lowest BCUT2D eigenvalue weighted by Gasteiger charge is -2.29. The van der Waals surface area contributed by atoms with Gasteiger partial charge in [0, 0.05) is 25.7 Å². The van der Waals surface area contributed by atoms with Crippen LogP contribution in [0.2, 0.25) is 0 Å². The SMILES string of the molecule is CCN1CCCC1CN(C)c1cc(F)cc(F)c1N. The van der Waals surface area contributed by atoms with Crippen molar-refractivity contribution < 1.29 is 8.78 Å². The van der Waals surface area contributed by atoms with E-state index in [4.69, 9.17) is 5.73 Å². The van der Waals surface area contributed by atoms with Crippen molar-refractivity contribution in [2.24, 2.45) is 0 Å². The Morgan fingerprint density at radius 1 is 1.42 bits per heavy atom. The number of halogens is 2. The molecule has 1 unspecified atom stereocenters. The summed E-state index contributed by atoms with van der Waals surface area (Å²) in [6.45, 7) is 4.98. The number of benzene rings is 1. The van der Waals surface area contributed by atoms with E-state index >= 15 is 0 Å². The Morgan fingerprint density at radius 2 is 2.16 bits per heavy atom. The van der Waals surface area contributed by atoms with Crippen LogP contribution in [0.15, 0.2) is 12.1 Å². The maximum absolute atomic E-state index is 13.5. The summed E-state index contributed by atoms with van der Waals surface area (Å²) in [6.07, 6.45) is 2.30. The zero-order chi connectivity index (χ0) is 14.0. The van der Waals surface area contributed by atoms with Crippen LogP contribution in [0.1, 0.15) is 19.8 Å². The normalized spacial score (nSPS) is 19.9. The van der Waals surface area contributed by atoms with Gasteiger partial charge in [0.15, 0.2) is 5.82 Å². The van der Waals surface area contributed by atoms with Crippen molar-refractivity contribution in [2.75, 3.05) is 37.3 Å². The Morgan fingerprint density at radius 3 is 2.84 bits per heavy atom. The Kier molecular flexibility index (Phi) is 4.24. The molecular formula is C14H21F2N3. The number of anilines is 2. The first-order valence-corrected chi connectivity index (χ1v) is 6.72. The Hall–Kier alpha value is -1.36. The summed E-state index contributed by atoms with van der Waals surface area (Å²) in [5, 5.41) is 0. The number of hydrogen-bond donors (Lipinski definition) is 1. The van der Waals surface area contributed by atoms with Gasteiger partial charge in [0.1, 0.15) is 5.82 Å². The molecule has 19 heavy (non-hydrogen) atoms. The molecule has 0 amide bonds. The monoisotopic (exact) mass is 269 g/mol. The fraction of sp³-hybridized carbons (Fsp3) is 0.571. The molecule has 1 aliphatic heterocycles. The summed E-state index contributed by atoms with van der Waals surface area (Å²) in [7, 11) is 1.83. The molecule has 1 fully saturated rings. The molecule has 5 heteroatoms. The highest BCUT2D eigenvalue weighted by atomic mass is 19.1. The highest BCUT2D eigenvalue weighted by molar-refractivity contribution is 5.68. The average Bonchev–Trinajstić information content (AvgIpc) is 2.80. The molecular weight excluding hydrogens is 248 g/mol. The first-order valence-electron chi connectivity index (χ1n) is 6.72. The van der Waals surface area contributed by atoms with Gasteiger partial charge in [0.05, 0.1) is 11.4 Å². The number of likely N-dealkylation sites (N-methyl/N-ethyl adjacent to an activating group) is 2. The molecule has 0 saturated carbocycles. The Bertz CT molecular complexity index is 451. The molecule has 1 atom stereocenters. The molecule has 0 radical (unpaired) electrons. The van der Waals surface area contributed by atoms with Crippen molar-refractivity contribution in [1.29, 1.82) is 0 Å². The minimum absolute atomic E-state index is 0.0185. The fourth-order valence-electron chi connectivity index (χ4n) is 2.82. The minimum atomic E-state index is -0.694. The topological polar surface area (TPSA) is 32.5 Å². The number of nitrogens with two attached hydrogens (primary N) is 1. The third kappa shape index (κ3) is 2.97. The Labute approximate surface area is 113 Å². The fourth-order valence-corrected chi connectivity index (χ4v) is 2.82. The summed E-state index contributed by atoms with van der Waals surface area (Å²) in [4.78, 5) is 4.24. The van der Waals surface area contributed by atoms with Crippen LogP contribution in [0.5, 0.6) is 0 Å². The van der Waals surface area contributed by atoms with Crippen molar-refractivity contribution in [3.8, 4) is 0 Å². The zero-order valence-corrected chi connectivity index (χ0v) is 11.5. The molecule has 1 saturated heterocycles. The van der Waals surface area contributed by atoms with Gasteiger partial charge in [-0.25, -0.2) is 8.78 Å². The lowest BCUT2D eigenvalue weighted by molar-refractivity contribution is 0.270. The molecule has 1 aromatic carbocycles. The smallest absolute Gasteiger partial charge is 0.151 e. The van der Waals surface area contributed by atoms with E-state index in [1.807, 2.05) is 11.9 Å². The maximum Gasteiger partial charge on any atom is 0.151 e. The second-order valence-corrected chi connectivity index (χ2v) is 5.13. The molecule has 1 aliphatic rings. The van der Waals surface area contributed by atoms with E-state index in [0.717, 1.165) is 32.1 Å². The summed E-state index contributed by atoms with van der Waals surface area (Å²) < 4.78 is 26.7. The summed E-state index contributed by atoms with van der Waals surface area (Å²) in [5.41, 5.74) is 6.15. The van der Waals surface area contributed by atoms with Gasteiger partial charge in [-0.2, -0.15) is 0 Å². The summed E-state index contributed by atoms with van der Waals surface area (Å²) >= 11 is 0. The first kappa shape index (κ1) is 14.1. The molecule has 0 aromatic heterocycles. The van der Waals surface area contributed by atoms with Crippen LogP contribution in [0.4, 0.5) is 20.2 Å². The van der Waals surface area contributed by atoms with Gasteiger partial charge in [-0.1, -0.05) is 6.92 Å². The molecule has 0 bridgehead atoms. The van der Waals surface area contributed by atoms with Gasteiger partial charge in [0.25, 0.3) is 0 Å². The van der Waals surface area contributed by atoms with Gasteiger partial charge in [0.2, 0.25) is 0 Å². The predicted octanol–water partition coefficient (Wildman–Crippen LogP) is 2.47. The quantitative estimate of drug-likeness (QED) is 0.852. The molecule has 2 N–H and O–H groups in total. The van der Waals surface area contributed by atoms with Gasteiger partial charge in [-0.3, -0.25) is 4.90 Å². The van der Waals surface area contributed by atoms with E-state index < -0.39 is 11.6 Å². The number of nitrogen functional groups attached to an aromatic ring is 1. The van der Waals surface area contributed by atoms with E-state index in [1.165, 1.54) is 12.5 Å². The second kappa shape index (κ2) is 5.74. The van der Waals surface area contributed by atoms with Crippen LogP contribution < -0.4 is 10.6 Å². The molecule has 106 valence electrons. The molecule has 2 rings (SSSR count). The molecule has 1 heterocycles. The largest absolute Gasteiger partial charge is 0.395 e. The van der Waals surface area contributed by atoms with Crippen molar-refractivity contribution in [3.05, 3.63) is 23.8 Å². The number of likely N-dealkylation sites (tertiary alicyclic amines) is 1. The lowest BCUT2D eigenvalue weighted by atomic mass is 10.1. The van der Waals surface area contributed by atoms with E-state index in [0.29, 0.717) is 11.7 Å². The summed E-state index contributed by atoms with van der Waals surface area (Å²) in [6, 6.07) is 2.55. The van der Waals surface area contributed by atoms with Crippen LogP contribution in [0.3, 0.4) is 0 Å². The van der Waals surface area contributed by atoms with Crippen LogP contribution in [0.25, 0.3) is 0 Å². The number of hydrogen-bond acceptors (Lipinski definition) is 3. The third-order valence-electron chi connectivity index (χ3n) is 3.87. The van der Waals surface area contributed by atoms with Crippen molar-refractivity contribution in [3.63, 3.8) is 0 Å². The first-order chi connectivity index (χ1) is 9.02. The van der Waals surface area contributed by atoms with Gasteiger partial charge >= 0.3 is 0 Å². The van der Waals surface area contributed by atoms with E-state index in [2.05, 4.69) is 11.8 Å². The van der Waals surface area contributed by atoms with Gasteiger partial charge < -0.3 is 10.6 Å². The zero-order valence-electron chi connectivity index (χ0n) is 11.5. The third-order valence-corrected chi connectivity index (χ3v) is 3.87. The van der Waals surface area contributed by atoms with Gasteiger partial charge in [-0.05, 0) is 32.0 Å². The minimum Gasteiger partial charge on any atom is -0.395 e. The average molecular weight is 269 g/mol. The molecule has 0 aliphatic carbocycles. The van der Waals surface area contributed by atoms with Crippen molar-refractivity contribution in [1.82, 2.24) is 4.90 Å². The van der Waals surface area contributed by atoms with Crippen molar-refractivity contribution in [2.45, 2.75) is 25.8 Å². The van der Waals surface area contributed by atoms with E-state index in [-0.39, 0.29) is 5.69 Å². The van der Waals surface area contributed by atoms with Crippen LogP contribution in [-0.4, -0.2) is 37.6 Å². The highest BCUT2D eigenvalue weighted by Crippen LogP contribution is 2.28. The highest BCUT2D eigenvalue weighted by Gasteiger charge is 2.25. The number of nitrogens with zero attached hydrogens (tertiary/aromatic N) is 2. The maximum atomic E-state index is 13.5. The van der Waals surface area contributed by atoms with Gasteiger partial charge in [-0.15, -0.1) is 0 Å². The Balaban J connectivity index is 2.13. The summed E-state index contributed by atoms with van der Waals surface area (Å²) in [5.74, 6) is -1.28. The van der Waals surface area contributed by atoms with E-state index in [1.54, 1.807) is 0 Å². The molecule has 0 spiro atoms. The lowest BCUT2D eigenvalue weighted by Crippen LogP contribution is -2.39. The predicted molar refractivity (Wildman–Crippen MR) is 74.3 cm³/mol. The second-order valence-electron chi connectivity index (χ2n) is 5.13. The molecule has 1 aromatic rings. The van der Waals surface area contributed by atoms with Crippen LogP contribution in [-0.2, 0) is 0 Å². The van der Waals surface area contributed by atoms with Crippen LogP contribution in [0, 0.1) is 11.6 Å². The standard InChI is InChI=1S/C14H21F2N3/c1-3-19-6-4-5-11(19)9-18(2)13-8-10(15)7-12(16)14(13)17/h7-8,11H,3-6,9,17H2,1-2H3. The van der Waals surface area contributed by atoms with Crippen molar-refractivity contribution >= 4 is 11.4 Å². The van der Waals surface area contributed by atoms with Crippen LogP contribution >= 0.6 is 0 Å². The number of rotatable bonds is 4. The molecule has 3 nitrogen and oxygen atoms in total. The van der Waals surface area contributed by atoms with E-state index in [9.17, 15) is 8.78 Å².